The third kappa shape index (κ3) is 7.27. The van der Waals surface area contributed by atoms with Crippen LogP contribution in [0.3, 0.4) is 0 Å². The van der Waals surface area contributed by atoms with Crippen LogP contribution >= 0.6 is 0 Å². The minimum absolute atomic E-state index is 0.0597. The Kier molecular flexibility index (Phi) is 10.7. The summed E-state index contributed by atoms with van der Waals surface area (Å²) in [4.78, 5) is 0. The number of nitrogens with zero attached hydrogens (tertiary/aromatic N) is 2. The van der Waals surface area contributed by atoms with Crippen LogP contribution in [-0.4, -0.2) is 9.13 Å². The Labute approximate surface area is 479 Å². The molecule has 11 aromatic carbocycles. The van der Waals surface area contributed by atoms with Crippen molar-refractivity contribution in [2.45, 2.75) is 62.2 Å². The Morgan fingerprint density at radius 1 is 0.256 bits per heavy atom. The number of rotatable bonds is 8. The van der Waals surface area contributed by atoms with Crippen LogP contribution in [0.2, 0.25) is 0 Å². The van der Waals surface area contributed by atoms with Crippen LogP contribution in [0.25, 0.3) is 124 Å². The fraction of sp³-hybridized carbons (Fsp3) is 0.125. The van der Waals surface area contributed by atoms with Crippen molar-refractivity contribution in [3.8, 4) is 55.9 Å². The summed E-state index contributed by atoms with van der Waals surface area (Å²) in [6, 6.07) is 91.4. The van der Waals surface area contributed by atoms with Gasteiger partial charge in [-0.25, -0.2) is 0 Å². The molecule has 0 unspecified atom stereocenters. The minimum atomic E-state index is 0.0597. The van der Waals surface area contributed by atoms with E-state index in [0.29, 0.717) is 0 Å². The molecule has 0 radical (unpaired) electrons. The van der Waals surface area contributed by atoms with E-state index in [0.717, 1.165) is 0 Å². The van der Waals surface area contributed by atoms with Gasteiger partial charge in [0.1, 0.15) is 0 Å². The smallest absolute Gasteiger partial charge is 0.0541 e. The van der Waals surface area contributed by atoms with E-state index < -0.39 is 0 Å². The maximum Gasteiger partial charge on any atom is 0.0541 e. The highest BCUT2D eigenvalue weighted by molar-refractivity contribution is 6.11. The SMILES string of the molecule is C(=Cc1ccc2c(c1)c1ccccc1n2-c1ccccc1)c1ccc(-c2ccc3c(c2)C2(CCCC2)c2cc4c(cc2-3)C2(CCCC2)c2cc(-c3ccc(C=Cc5ccc6c(c5)c5ccccc5n6-c5ccccc5)cc3)ccc2-4)cc1. The summed E-state index contributed by atoms with van der Waals surface area (Å²) in [5.41, 5.74) is 29.6. The summed E-state index contributed by atoms with van der Waals surface area (Å²) in [6.07, 6.45) is 19.0. The van der Waals surface area contributed by atoms with Crippen LogP contribution in [-0.2, 0) is 10.8 Å². The van der Waals surface area contributed by atoms with E-state index in [1.807, 2.05) is 0 Å². The number of fused-ring (bicyclic) bond motifs is 16. The van der Waals surface area contributed by atoms with Gasteiger partial charge in [-0.2, -0.15) is 0 Å². The first-order chi connectivity index (χ1) is 40.6. The Bertz CT molecular complexity index is 4460. The zero-order valence-electron chi connectivity index (χ0n) is 46.0. The molecule has 13 aromatic rings. The lowest BCUT2D eigenvalue weighted by Crippen LogP contribution is -2.22. The fourth-order valence-corrected chi connectivity index (χ4v) is 15.7. The zero-order chi connectivity index (χ0) is 53.9. The molecule has 17 rings (SSSR count). The molecule has 2 fully saturated rings. The summed E-state index contributed by atoms with van der Waals surface area (Å²) in [5.74, 6) is 0. The van der Waals surface area contributed by atoms with Gasteiger partial charge in [-0.05, 0) is 200 Å². The lowest BCUT2D eigenvalue weighted by atomic mass is 9.74. The van der Waals surface area contributed by atoms with Crippen LogP contribution in [0.15, 0.2) is 243 Å². The molecule has 2 heteroatoms. The Morgan fingerprint density at radius 2 is 0.598 bits per heavy atom. The third-order valence-electron chi connectivity index (χ3n) is 19.6. The highest BCUT2D eigenvalue weighted by atomic mass is 15.0. The van der Waals surface area contributed by atoms with Gasteiger partial charge in [0.25, 0.3) is 0 Å². The molecule has 4 aliphatic rings. The van der Waals surface area contributed by atoms with Gasteiger partial charge < -0.3 is 9.13 Å². The molecule has 2 nitrogen and oxygen atoms in total. The normalized spacial score (nSPS) is 15.5. The quantitative estimate of drug-likeness (QED) is 0.134. The largest absolute Gasteiger partial charge is 0.309 e. The zero-order valence-corrected chi connectivity index (χ0v) is 46.0. The second-order valence-electron chi connectivity index (χ2n) is 23.9. The van der Waals surface area contributed by atoms with Crippen LogP contribution < -0.4 is 0 Å². The molecule has 0 saturated heterocycles. The fourth-order valence-electron chi connectivity index (χ4n) is 15.7. The van der Waals surface area contributed by atoms with Gasteiger partial charge in [0, 0.05) is 43.7 Å². The Balaban J connectivity index is 0.645. The molecule has 2 spiro atoms. The van der Waals surface area contributed by atoms with E-state index >= 15 is 0 Å². The Hall–Kier alpha value is -9.50. The second kappa shape index (κ2) is 18.5. The summed E-state index contributed by atoms with van der Waals surface area (Å²) >= 11 is 0. The van der Waals surface area contributed by atoms with Gasteiger partial charge in [-0.3, -0.25) is 0 Å². The first-order valence-electron chi connectivity index (χ1n) is 29.8. The molecule has 0 aliphatic heterocycles. The molecule has 2 heterocycles. The van der Waals surface area contributed by atoms with E-state index in [1.165, 1.54) is 173 Å². The lowest BCUT2D eigenvalue weighted by molar-refractivity contribution is 0.544. The van der Waals surface area contributed by atoms with E-state index in [2.05, 4.69) is 276 Å². The van der Waals surface area contributed by atoms with Crippen LogP contribution in [0, 0.1) is 0 Å². The van der Waals surface area contributed by atoms with Crippen molar-refractivity contribution in [1.29, 1.82) is 0 Å². The first-order valence-corrected chi connectivity index (χ1v) is 29.8. The second-order valence-corrected chi connectivity index (χ2v) is 23.9. The molecule has 0 amide bonds. The molecular formula is C80H60N2. The standard InChI is InChI=1S/C80H60N2/c1-3-15-61(16-4-1)81-75-21-9-7-19-65(75)69-47-55(31-41-77(69)81)25-23-53-27-33-57(34-28-53)59-37-39-63-67-51-74-68(52-73(67)79(71(63)49-59)43-11-12-44-79)64-40-38-60(50-72(64)80(74)45-13-14-46-80)58-35-29-54(30-36-58)24-26-56-32-42-78-70(48-56)66-20-8-10-22-76(66)82(78)62-17-5-2-6-18-62/h1-10,15-42,47-52H,11-14,43-46H2. The van der Waals surface area contributed by atoms with Gasteiger partial charge in [-0.15, -0.1) is 0 Å². The van der Waals surface area contributed by atoms with Crippen LogP contribution in [0.4, 0.5) is 0 Å². The average molecular weight is 1050 g/mol. The highest BCUT2D eigenvalue weighted by Crippen LogP contribution is 2.63. The van der Waals surface area contributed by atoms with Crippen molar-refractivity contribution in [3.05, 3.63) is 287 Å². The number of para-hydroxylation sites is 4. The average Bonchev–Trinajstić information content (AvgIpc) is 2.09. The van der Waals surface area contributed by atoms with Gasteiger partial charge >= 0.3 is 0 Å². The third-order valence-corrected chi connectivity index (χ3v) is 19.6. The number of benzene rings is 11. The molecule has 2 saturated carbocycles. The molecule has 2 aromatic heterocycles. The summed E-state index contributed by atoms with van der Waals surface area (Å²) < 4.78 is 4.76. The van der Waals surface area contributed by atoms with Gasteiger partial charge in [0.2, 0.25) is 0 Å². The van der Waals surface area contributed by atoms with E-state index in [1.54, 1.807) is 22.3 Å². The number of hydrogen-bond donors (Lipinski definition) is 0. The van der Waals surface area contributed by atoms with Crippen LogP contribution in [0.5, 0.6) is 0 Å². The number of hydrogen-bond acceptors (Lipinski definition) is 0. The minimum Gasteiger partial charge on any atom is -0.309 e. The highest BCUT2D eigenvalue weighted by Gasteiger charge is 2.50. The van der Waals surface area contributed by atoms with Gasteiger partial charge in [-0.1, -0.05) is 208 Å². The van der Waals surface area contributed by atoms with Crippen molar-refractivity contribution < 1.29 is 0 Å². The lowest BCUT2D eigenvalue weighted by Gasteiger charge is -2.29. The molecule has 82 heavy (non-hydrogen) atoms. The maximum absolute atomic E-state index is 2.70. The van der Waals surface area contributed by atoms with Crippen molar-refractivity contribution in [2.24, 2.45) is 0 Å². The van der Waals surface area contributed by atoms with Gasteiger partial charge in [0.05, 0.1) is 22.1 Å². The van der Waals surface area contributed by atoms with Crippen molar-refractivity contribution >= 4 is 67.9 Å². The molecule has 0 N–H and O–H groups in total. The predicted molar refractivity (Wildman–Crippen MR) is 346 cm³/mol. The first kappa shape index (κ1) is 47.3. The molecule has 390 valence electrons. The van der Waals surface area contributed by atoms with E-state index in [-0.39, 0.29) is 10.8 Å². The van der Waals surface area contributed by atoms with E-state index in [9.17, 15) is 0 Å². The molecule has 0 bridgehead atoms. The molecule has 4 aliphatic carbocycles. The summed E-state index contributed by atoms with van der Waals surface area (Å²) in [6.45, 7) is 0. The van der Waals surface area contributed by atoms with Crippen LogP contribution in [0.1, 0.15) is 95.9 Å². The summed E-state index contributed by atoms with van der Waals surface area (Å²) in [7, 11) is 0. The molecule has 0 atom stereocenters. The van der Waals surface area contributed by atoms with E-state index in [4.69, 9.17) is 0 Å². The van der Waals surface area contributed by atoms with Crippen molar-refractivity contribution in [3.63, 3.8) is 0 Å². The molecular weight excluding hydrogens is 989 g/mol. The number of aromatic nitrogens is 2. The summed E-state index contributed by atoms with van der Waals surface area (Å²) in [5, 5.41) is 5.10. The van der Waals surface area contributed by atoms with Crippen molar-refractivity contribution in [2.75, 3.05) is 0 Å². The van der Waals surface area contributed by atoms with Crippen molar-refractivity contribution in [1.82, 2.24) is 9.13 Å². The topological polar surface area (TPSA) is 9.86 Å². The monoisotopic (exact) mass is 1050 g/mol. The van der Waals surface area contributed by atoms with Gasteiger partial charge in [0.15, 0.2) is 0 Å². The Morgan fingerprint density at radius 3 is 1.02 bits per heavy atom. The maximum atomic E-state index is 2.70. The predicted octanol–water partition coefficient (Wildman–Crippen LogP) is 21.2.